The SMILES string of the molecule is CC(O)CCNC(C)c1ccc(S(=O)(=O)N(C)C)cc1. The number of benzene rings is 1. The van der Waals surface area contributed by atoms with Gasteiger partial charge in [-0.3, -0.25) is 0 Å². The summed E-state index contributed by atoms with van der Waals surface area (Å²) in [7, 11) is -0.333. The number of hydrogen-bond acceptors (Lipinski definition) is 4. The minimum atomic E-state index is -3.37. The van der Waals surface area contributed by atoms with Crippen LogP contribution in [0.4, 0.5) is 0 Å². The van der Waals surface area contributed by atoms with Crippen molar-refractivity contribution in [1.82, 2.24) is 9.62 Å². The molecule has 6 heteroatoms. The molecular formula is C14H24N2O3S. The molecule has 0 amide bonds. The summed E-state index contributed by atoms with van der Waals surface area (Å²) in [4.78, 5) is 0.294. The number of aliphatic hydroxyl groups is 1. The molecule has 2 atom stereocenters. The third-order valence-electron chi connectivity index (χ3n) is 3.17. The van der Waals surface area contributed by atoms with Gasteiger partial charge in [0.05, 0.1) is 11.0 Å². The van der Waals surface area contributed by atoms with Crippen molar-refractivity contribution in [2.24, 2.45) is 0 Å². The Balaban J connectivity index is 2.72. The van der Waals surface area contributed by atoms with Gasteiger partial charge in [0.1, 0.15) is 0 Å². The molecule has 0 spiro atoms. The summed E-state index contributed by atoms with van der Waals surface area (Å²) in [5.41, 5.74) is 1.02. The molecule has 0 aliphatic heterocycles. The maximum Gasteiger partial charge on any atom is 0.242 e. The zero-order chi connectivity index (χ0) is 15.3. The molecule has 2 unspecified atom stereocenters. The smallest absolute Gasteiger partial charge is 0.242 e. The summed E-state index contributed by atoms with van der Waals surface area (Å²) in [6.07, 6.45) is 0.375. The lowest BCUT2D eigenvalue weighted by atomic mass is 10.1. The summed E-state index contributed by atoms with van der Waals surface area (Å²) in [6.45, 7) is 4.49. The molecule has 1 aromatic carbocycles. The van der Waals surface area contributed by atoms with E-state index in [0.717, 1.165) is 12.1 Å². The average Bonchev–Trinajstić information content (AvgIpc) is 2.38. The number of nitrogens with one attached hydrogen (secondary N) is 1. The first kappa shape index (κ1) is 17.1. The van der Waals surface area contributed by atoms with Crippen molar-refractivity contribution in [1.29, 1.82) is 0 Å². The van der Waals surface area contributed by atoms with E-state index in [-0.39, 0.29) is 12.1 Å². The van der Waals surface area contributed by atoms with E-state index in [1.54, 1.807) is 19.1 Å². The van der Waals surface area contributed by atoms with Crippen LogP contribution in [0.25, 0.3) is 0 Å². The summed E-state index contributed by atoms with van der Waals surface area (Å²) in [5.74, 6) is 0. The van der Waals surface area contributed by atoms with Crippen molar-refractivity contribution in [3.8, 4) is 0 Å². The Kier molecular flexibility index (Phi) is 6.13. The molecule has 1 rings (SSSR count). The third-order valence-corrected chi connectivity index (χ3v) is 5.00. The highest BCUT2D eigenvalue weighted by atomic mass is 32.2. The van der Waals surface area contributed by atoms with Crippen LogP contribution in [0.3, 0.4) is 0 Å². The predicted molar refractivity (Wildman–Crippen MR) is 80.0 cm³/mol. The molecule has 114 valence electrons. The first-order valence-corrected chi connectivity index (χ1v) is 8.13. The fourth-order valence-electron chi connectivity index (χ4n) is 1.77. The van der Waals surface area contributed by atoms with E-state index >= 15 is 0 Å². The van der Waals surface area contributed by atoms with Crippen LogP contribution >= 0.6 is 0 Å². The van der Waals surface area contributed by atoms with Crippen molar-refractivity contribution in [2.75, 3.05) is 20.6 Å². The molecule has 0 radical (unpaired) electrons. The highest BCUT2D eigenvalue weighted by Crippen LogP contribution is 2.18. The number of aliphatic hydroxyl groups excluding tert-OH is 1. The quantitative estimate of drug-likeness (QED) is 0.798. The van der Waals surface area contributed by atoms with Crippen molar-refractivity contribution in [2.45, 2.75) is 37.3 Å². The van der Waals surface area contributed by atoms with Gasteiger partial charge in [-0.2, -0.15) is 0 Å². The molecule has 0 saturated carbocycles. The van der Waals surface area contributed by atoms with E-state index < -0.39 is 10.0 Å². The van der Waals surface area contributed by atoms with Gasteiger partial charge in [0.25, 0.3) is 0 Å². The van der Waals surface area contributed by atoms with Gasteiger partial charge in [-0.25, -0.2) is 12.7 Å². The van der Waals surface area contributed by atoms with Crippen LogP contribution in [0.2, 0.25) is 0 Å². The molecule has 2 N–H and O–H groups in total. The normalized spacial score (nSPS) is 15.3. The van der Waals surface area contributed by atoms with Crippen LogP contribution in [0.15, 0.2) is 29.2 Å². The molecule has 0 heterocycles. The van der Waals surface area contributed by atoms with Crippen LogP contribution in [0, 0.1) is 0 Å². The zero-order valence-corrected chi connectivity index (χ0v) is 13.3. The van der Waals surface area contributed by atoms with Crippen molar-refractivity contribution in [3.63, 3.8) is 0 Å². The first-order chi connectivity index (χ1) is 9.25. The van der Waals surface area contributed by atoms with Crippen LogP contribution in [-0.2, 0) is 10.0 Å². The number of rotatable bonds is 7. The second kappa shape index (κ2) is 7.17. The van der Waals surface area contributed by atoms with E-state index in [4.69, 9.17) is 0 Å². The Bertz CT molecular complexity index is 510. The Hall–Kier alpha value is -0.950. The lowest BCUT2D eigenvalue weighted by molar-refractivity contribution is 0.182. The zero-order valence-electron chi connectivity index (χ0n) is 12.5. The molecule has 0 aliphatic carbocycles. The van der Waals surface area contributed by atoms with Crippen LogP contribution in [0.1, 0.15) is 31.9 Å². The molecule has 1 aromatic rings. The molecule has 20 heavy (non-hydrogen) atoms. The molecule has 0 bridgehead atoms. The first-order valence-electron chi connectivity index (χ1n) is 6.69. The minimum Gasteiger partial charge on any atom is -0.393 e. The monoisotopic (exact) mass is 300 g/mol. The minimum absolute atomic E-state index is 0.116. The summed E-state index contributed by atoms with van der Waals surface area (Å²) in [6, 6.07) is 6.99. The number of sulfonamides is 1. The summed E-state index contributed by atoms with van der Waals surface area (Å²) >= 11 is 0. The van der Waals surface area contributed by atoms with Gasteiger partial charge < -0.3 is 10.4 Å². The summed E-state index contributed by atoms with van der Waals surface area (Å²) in [5, 5.41) is 12.5. The maximum atomic E-state index is 11.9. The second-order valence-electron chi connectivity index (χ2n) is 5.17. The number of nitrogens with zero attached hydrogens (tertiary/aromatic N) is 1. The molecule has 0 aliphatic rings. The van der Waals surface area contributed by atoms with E-state index in [2.05, 4.69) is 5.32 Å². The topological polar surface area (TPSA) is 69.6 Å². The highest BCUT2D eigenvalue weighted by Gasteiger charge is 2.17. The molecule has 5 nitrogen and oxygen atoms in total. The van der Waals surface area contributed by atoms with Gasteiger partial charge in [-0.15, -0.1) is 0 Å². The molecule has 0 fully saturated rings. The van der Waals surface area contributed by atoms with Gasteiger partial charge in [-0.05, 0) is 44.5 Å². The van der Waals surface area contributed by atoms with Crippen LogP contribution in [0.5, 0.6) is 0 Å². The largest absolute Gasteiger partial charge is 0.393 e. The third kappa shape index (κ3) is 4.56. The van der Waals surface area contributed by atoms with E-state index in [0.29, 0.717) is 11.3 Å². The van der Waals surface area contributed by atoms with Crippen LogP contribution in [-0.4, -0.2) is 44.6 Å². The Morgan fingerprint density at radius 3 is 2.20 bits per heavy atom. The molecule has 0 aromatic heterocycles. The van der Waals surface area contributed by atoms with Crippen molar-refractivity contribution in [3.05, 3.63) is 29.8 Å². The number of hydrogen-bond donors (Lipinski definition) is 2. The maximum absolute atomic E-state index is 11.9. The highest BCUT2D eigenvalue weighted by molar-refractivity contribution is 7.89. The fourth-order valence-corrected chi connectivity index (χ4v) is 2.67. The Labute approximate surface area is 121 Å². The van der Waals surface area contributed by atoms with Crippen LogP contribution < -0.4 is 5.32 Å². The Morgan fingerprint density at radius 2 is 1.75 bits per heavy atom. The summed E-state index contributed by atoms with van der Waals surface area (Å²) < 4.78 is 25.1. The van der Waals surface area contributed by atoms with Gasteiger partial charge in [0.15, 0.2) is 0 Å². The van der Waals surface area contributed by atoms with Crippen molar-refractivity contribution >= 4 is 10.0 Å². The van der Waals surface area contributed by atoms with E-state index in [9.17, 15) is 13.5 Å². The van der Waals surface area contributed by atoms with Crippen molar-refractivity contribution < 1.29 is 13.5 Å². The lowest BCUT2D eigenvalue weighted by Gasteiger charge is -2.16. The second-order valence-corrected chi connectivity index (χ2v) is 7.32. The van der Waals surface area contributed by atoms with E-state index in [1.807, 2.05) is 19.1 Å². The lowest BCUT2D eigenvalue weighted by Crippen LogP contribution is -2.23. The Morgan fingerprint density at radius 1 is 1.20 bits per heavy atom. The standard InChI is InChI=1S/C14H24N2O3S/c1-11(17)9-10-15-12(2)13-5-7-14(8-6-13)20(18,19)16(3)4/h5-8,11-12,15,17H,9-10H2,1-4H3. The molecule has 0 saturated heterocycles. The fraction of sp³-hybridized carbons (Fsp3) is 0.571. The van der Waals surface area contributed by atoms with Gasteiger partial charge >= 0.3 is 0 Å². The predicted octanol–water partition coefficient (Wildman–Crippen LogP) is 1.36. The van der Waals surface area contributed by atoms with Gasteiger partial charge in [0, 0.05) is 20.1 Å². The van der Waals surface area contributed by atoms with Gasteiger partial charge in [0.2, 0.25) is 10.0 Å². The van der Waals surface area contributed by atoms with Gasteiger partial charge in [-0.1, -0.05) is 12.1 Å². The molecular weight excluding hydrogens is 276 g/mol. The van der Waals surface area contributed by atoms with E-state index in [1.165, 1.54) is 18.4 Å². The average molecular weight is 300 g/mol.